The Bertz CT molecular complexity index is 1080. The summed E-state index contributed by atoms with van der Waals surface area (Å²) in [5.74, 6) is -0.215. The fourth-order valence-electron chi connectivity index (χ4n) is 3.05. The van der Waals surface area contributed by atoms with Crippen LogP contribution in [0.2, 0.25) is 0 Å². The largest absolute Gasteiger partial charge is 0.422 e. The molecule has 0 atom stereocenters. The number of carbonyl (C=O) groups excluding carboxylic acids is 1. The van der Waals surface area contributed by atoms with E-state index in [0.29, 0.717) is 36.0 Å². The van der Waals surface area contributed by atoms with Crippen molar-refractivity contribution in [3.63, 3.8) is 0 Å². The Morgan fingerprint density at radius 1 is 1.21 bits per heavy atom. The number of fused-ring (bicyclic) bond motifs is 2. The van der Waals surface area contributed by atoms with E-state index in [-0.39, 0.29) is 18.5 Å². The number of aliphatic hydroxyl groups excluding tert-OH is 1. The normalized spacial score (nSPS) is 11.2. The molecule has 0 aliphatic rings. The van der Waals surface area contributed by atoms with Crippen LogP contribution in [0, 0.1) is 0 Å². The maximum Gasteiger partial charge on any atom is 0.315 e. The summed E-state index contributed by atoms with van der Waals surface area (Å²) in [5.41, 5.74) is 6.55. The monoisotopic (exact) mass is 379 g/mol. The number of rotatable bonds is 7. The molecule has 0 spiro atoms. The number of benzene rings is 2. The number of anilines is 1. The number of amides is 1. The molecule has 0 bridgehead atoms. The molecule has 8 heteroatoms. The van der Waals surface area contributed by atoms with Gasteiger partial charge in [-0.25, -0.2) is 15.4 Å². The summed E-state index contributed by atoms with van der Waals surface area (Å²) in [6, 6.07) is 13.1. The van der Waals surface area contributed by atoms with Gasteiger partial charge in [-0.05, 0) is 43.2 Å². The van der Waals surface area contributed by atoms with E-state index < -0.39 is 0 Å². The molecule has 0 radical (unpaired) electrons. The van der Waals surface area contributed by atoms with E-state index in [0.717, 1.165) is 11.0 Å². The summed E-state index contributed by atoms with van der Waals surface area (Å²) in [6.45, 7) is 0.475. The number of carbonyl (C=O) groups is 1. The lowest BCUT2D eigenvalue weighted by atomic mass is 10.1. The van der Waals surface area contributed by atoms with Gasteiger partial charge in [-0.2, -0.15) is 4.98 Å². The number of imidazole rings is 1. The number of aromatic nitrogens is 3. The van der Waals surface area contributed by atoms with Gasteiger partial charge in [-0.3, -0.25) is 4.79 Å². The van der Waals surface area contributed by atoms with Gasteiger partial charge in [0.05, 0.1) is 17.4 Å². The SMILES string of the molecule is Cn1cnc2cc(C(=O)N(CCCCO)Nc3nc4ccccc4o3)ccc21. The van der Waals surface area contributed by atoms with Crippen LogP contribution in [-0.2, 0) is 7.05 Å². The second-order valence-electron chi connectivity index (χ2n) is 6.55. The second-order valence-corrected chi connectivity index (χ2v) is 6.55. The molecule has 2 aromatic heterocycles. The molecule has 28 heavy (non-hydrogen) atoms. The molecule has 2 N–H and O–H groups in total. The van der Waals surface area contributed by atoms with Crippen molar-refractivity contribution in [3.05, 3.63) is 54.4 Å². The third-order valence-corrected chi connectivity index (χ3v) is 4.53. The lowest BCUT2D eigenvalue weighted by Gasteiger charge is -2.22. The first-order valence-electron chi connectivity index (χ1n) is 9.12. The molecule has 0 saturated heterocycles. The van der Waals surface area contributed by atoms with Crippen LogP contribution in [0.5, 0.6) is 0 Å². The van der Waals surface area contributed by atoms with Crippen LogP contribution in [-0.4, -0.2) is 43.7 Å². The molecule has 8 nitrogen and oxygen atoms in total. The molecule has 2 aromatic carbocycles. The van der Waals surface area contributed by atoms with Gasteiger partial charge in [0.25, 0.3) is 5.91 Å². The summed E-state index contributed by atoms with van der Waals surface area (Å²) in [6.07, 6.45) is 2.95. The van der Waals surface area contributed by atoms with Crippen LogP contribution in [0.25, 0.3) is 22.1 Å². The average Bonchev–Trinajstić information content (AvgIpc) is 3.29. The highest BCUT2D eigenvalue weighted by Gasteiger charge is 2.19. The molecule has 0 aliphatic heterocycles. The molecular weight excluding hydrogens is 358 g/mol. The maximum atomic E-state index is 13.1. The molecule has 0 unspecified atom stereocenters. The van der Waals surface area contributed by atoms with Crippen LogP contribution in [0.3, 0.4) is 0 Å². The fourth-order valence-corrected chi connectivity index (χ4v) is 3.05. The van der Waals surface area contributed by atoms with Crippen LogP contribution in [0.4, 0.5) is 6.01 Å². The molecule has 0 fully saturated rings. The van der Waals surface area contributed by atoms with Gasteiger partial charge in [0, 0.05) is 25.8 Å². The van der Waals surface area contributed by atoms with E-state index in [1.807, 2.05) is 41.9 Å². The Labute approximate surface area is 161 Å². The summed E-state index contributed by atoms with van der Waals surface area (Å²) in [7, 11) is 1.91. The topological polar surface area (TPSA) is 96.4 Å². The molecular formula is C20H21N5O3. The van der Waals surface area contributed by atoms with Gasteiger partial charge in [0.2, 0.25) is 0 Å². The third kappa shape index (κ3) is 3.54. The number of hydrogen-bond donors (Lipinski definition) is 2. The quantitative estimate of drug-likeness (QED) is 0.379. The van der Waals surface area contributed by atoms with Gasteiger partial charge in [0.1, 0.15) is 5.52 Å². The van der Waals surface area contributed by atoms with E-state index in [2.05, 4.69) is 15.4 Å². The van der Waals surface area contributed by atoms with E-state index >= 15 is 0 Å². The Morgan fingerprint density at radius 3 is 2.89 bits per heavy atom. The zero-order valence-corrected chi connectivity index (χ0v) is 15.5. The zero-order chi connectivity index (χ0) is 19.5. The standard InChI is InChI=1S/C20H21N5O3/c1-24-13-21-16-12-14(8-9-17(16)24)19(27)25(10-4-5-11-26)23-20-22-15-6-2-3-7-18(15)28-20/h2-3,6-9,12-13,26H,4-5,10-11H2,1H3,(H,22,23). The Morgan fingerprint density at radius 2 is 2.07 bits per heavy atom. The lowest BCUT2D eigenvalue weighted by molar-refractivity contribution is 0.0784. The summed E-state index contributed by atoms with van der Waals surface area (Å²) in [5, 5.41) is 10.5. The highest BCUT2D eigenvalue weighted by Crippen LogP contribution is 2.20. The average molecular weight is 379 g/mol. The predicted octanol–water partition coefficient (Wildman–Crippen LogP) is 2.96. The Kier molecular flexibility index (Phi) is 4.94. The highest BCUT2D eigenvalue weighted by atomic mass is 16.4. The molecule has 144 valence electrons. The van der Waals surface area contributed by atoms with Crippen LogP contribution in [0.1, 0.15) is 23.2 Å². The highest BCUT2D eigenvalue weighted by molar-refractivity contribution is 5.98. The minimum atomic E-state index is -0.215. The Hall–Kier alpha value is -3.39. The molecule has 1 amide bonds. The van der Waals surface area contributed by atoms with Gasteiger partial charge >= 0.3 is 6.01 Å². The number of nitrogens with zero attached hydrogens (tertiary/aromatic N) is 4. The zero-order valence-electron chi connectivity index (χ0n) is 15.5. The number of aliphatic hydroxyl groups is 1. The third-order valence-electron chi connectivity index (χ3n) is 4.53. The van der Waals surface area contributed by atoms with Crippen LogP contribution < -0.4 is 5.43 Å². The molecule has 2 heterocycles. The van der Waals surface area contributed by atoms with Crippen molar-refractivity contribution in [2.45, 2.75) is 12.8 Å². The van der Waals surface area contributed by atoms with Gasteiger partial charge < -0.3 is 14.1 Å². The van der Waals surface area contributed by atoms with Gasteiger partial charge in [-0.1, -0.05) is 12.1 Å². The number of unbranched alkanes of at least 4 members (excludes halogenated alkanes) is 1. The second kappa shape index (κ2) is 7.69. The molecule has 0 saturated carbocycles. The van der Waals surface area contributed by atoms with Gasteiger partial charge in [0.15, 0.2) is 5.58 Å². The Balaban J connectivity index is 1.60. The van der Waals surface area contributed by atoms with Crippen LogP contribution in [0.15, 0.2) is 53.2 Å². The number of nitrogens with one attached hydrogen (secondary N) is 1. The first kappa shape index (κ1) is 18.0. The first-order valence-corrected chi connectivity index (χ1v) is 9.12. The van der Waals surface area contributed by atoms with E-state index in [9.17, 15) is 4.79 Å². The number of para-hydroxylation sites is 2. The smallest absolute Gasteiger partial charge is 0.315 e. The predicted molar refractivity (Wildman–Crippen MR) is 106 cm³/mol. The van der Waals surface area contributed by atoms with Crippen molar-refractivity contribution in [1.29, 1.82) is 0 Å². The van der Waals surface area contributed by atoms with Crippen molar-refractivity contribution >= 4 is 34.1 Å². The molecule has 4 rings (SSSR count). The van der Waals surface area contributed by atoms with Crippen LogP contribution >= 0.6 is 0 Å². The maximum absolute atomic E-state index is 13.1. The molecule has 4 aromatic rings. The summed E-state index contributed by atoms with van der Waals surface area (Å²) < 4.78 is 7.59. The van der Waals surface area contributed by atoms with E-state index in [1.54, 1.807) is 18.5 Å². The van der Waals surface area contributed by atoms with Crippen molar-refractivity contribution in [3.8, 4) is 0 Å². The van der Waals surface area contributed by atoms with Crippen molar-refractivity contribution in [1.82, 2.24) is 19.5 Å². The van der Waals surface area contributed by atoms with Gasteiger partial charge in [-0.15, -0.1) is 0 Å². The first-order chi connectivity index (χ1) is 13.7. The van der Waals surface area contributed by atoms with Crippen molar-refractivity contribution < 1.29 is 14.3 Å². The fraction of sp³-hybridized carbons (Fsp3) is 0.250. The lowest BCUT2D eigenvalue weighted by Crippen LogP contribution is -2.37. The summed E-state index contributed by atoms with van der Waals surface area (Å²) in [4.78, 5) is 21.8. The number of hydrogen-bond acceptors (Lipinski definition) is 6. The summed E-state index contributed by atoms with van der Waals surface area (Å²) >= 11 is 0. The number of hydrazine groups is 1. The molecule has 0 aliphatic carbocycles. The van der Waals surface area contributed by atoms with E-state index in [4.69, 9.17) is 9.52 Å². The van der Waals surface area contributed by atoms with E-state index in [1.165, 1.54) is 5.01 Å². The van der Waals surface area contributed by atoms with Crippen molar-refractivity contribution in [2.24, 2.45) is 7.05 Å². The number of aryl methyl sites for hydroxylation is 1. The minimum Gasteiger partial charge on any atom is -0.422 e. The minimum absolute atomic E-state index is 0.0742. The van der Waals surface area contributed by atoms with Crippen molar-refractivity contribution in [2.75, 3.05) is 18.6 Å². The number of oxazole rings is 1.